The first-order valence-electron chi connectivity index (χ1n) is 6.85. The standard InChI is InChI=1S/C10H11Cl2F10O6P/c11-27-29(23,28-12)26-3-4(1-24-9(19,20)5(13)7(15)16)2-25-10(21,22)6(14)8(17)18/h4-8H,1-3H2. The molecule has 0 fully saturated rings. The second-order valence-electron chi connectivity index (χ2n) is 4.97. The van der Waals surface area contributed by atoms with Crippen LogP contribution in [0.25, 0.3) is 0 Å². The van der Waals surface area contributed by atoms with Crippen LogP contribution in [-0.2, 0) is 26.7 Å². The predicted octanol–water partition coefficient (Wildman–Crippen LogP) is 5.49. The van der Waals surface area contributed by atoms with Gasteiger partial charge >= 0.3 is 20.0 Å². The number of rotatable bonds is 15. The van der Waals surface area contributed by atoms with Gasteiger partial charge in [0.25, 0.3) is 25.2 Å². The average molecular weight is 519 g/mol. The Morgan fingerprint density at radius 3 is 1.34 bits per heavy atom. The molecule has 0 aromatic carbocycles. The van der Waals surface area contributed by atoms with Gasteiger partial charge in [-0.3, -0.25) is 4.52 Å². The SMILES string of the molecule is O=P(OCl)(OCl)OCC(COC(F)(F)C(F)C(F)F)COC(F)(F)C(F)C(F)F. The topological polar surface area (TPSA) is 63.2 Å². The summed E-state index contributed by atoms with van der Waals surface area (Å²) in [5.74, 6) is -2.01. The lowest BCUT2D eigenvalue weighted by Crippen LogP contribution is -2.42. The molecule has 0 bridgehead atoms. The van der Waals surface area contributed by atoms with E-state index in [-0.39, 0.29) is 0 Å². The van der Waals surface area contributed by atoms with Gasteiger partial charge in [0.2, 0.25) is 0 Å². The van der Waals surface area contributed by atoms with Crippen molar-refractivity contribution in [2.24, 2.45) is 5.92 Å². The van der Waals surface area contributed by atoms with Gasteiger partial charge in [0.05, 0.1) is 43.6 Å². The lowest BCUT2D eigenvalue weighted by molar-refractivity contribution is -0.311. The first-order valence-corrected chi connectivity index (χ1v) is 8.92. The summed E-state index contributed by atoms with van der Waals surface area (Å²) in [5.41, 5.74) is 0. The summed E-state index contributed by atoms with van der Waals surface area (Å²) < 4.78 is 156. The van der Waals surface area contributed by atoms with Crippen molar-refractivity contribution >= 4 is 31.6 Å². The van der Waals surface area contributed by atoms with Crippen molar-refractivity contribution in [1.29, 1.82) is 0 Å². The van der Waals surface area contributed by atoms with Gasteiger partial charge in [0.1, 0.15) is 0 Å². The van der Waals surface area contributed by atoms with Crippen LogP contribution in [0.5, 0.6) is 0 Å². The number of phosphoric acid groups is 1. The molecule has 0 aliphatic carbocycles. The van der Waals surface area contributed by atoms with E-state index < -0.39 is 71.0 Å². The maximum absolute atomic E-state index is 13.1. The second-order valence-corrected chi connectivity index (χ2v) is 7.22. The van der Waals surface area contributed by atoms with Crippen molar-refractivity contribution in [2.75, 3.05) is 19.8 Å². The number of hydrogen-bond acceptors (Lipinski definition) is 6. The fraction of sp³-hybridized carbons (Fsp3) is 1.00. The van der Waals surface area contributed by atoms with Crippen LogP contribution in [0.3, 0.4) is 0 Å². The largest absolute Gasteiger partial charge is 0.507 e. The Balaban J connectivity index is 5.18. The van der Waals surface area contributed by atoms with Gasteiger partial charge in [-0.2, -0.15) is 25.7 Å². The van der Waals surface area contributed by atoms with E-state index in [2.05, 4.69) is 45.9 Å². The lowest BCUT2D eigenvalue weighted by atomic mass is 10.2. The zero-order valence-electron chi connectivity index (χ0n) is 13.4. The highest BCUT2D eigenvalue weighted by Crippen LogP contribution is 2.52. The van der Waals surface area contributed by atoms with E-state index in [0.717, 1.165) is 0 Å². The van der Waals surface area contributed by atoms with Crippen molar-refractivity contribution in [3.63, 3.8) is 0 Å². The molecule has 0 spiro atoms. The number of ether oxygens (including phenoxy) is 2. The van der Waals surface area contributed by atoms with Gasteiger partial charge < -0.3 is 9.47 Å². The molecule has 176 valence electrons. The third-order valence-electron chi connectivity index (χ3n) is 2.74. The van der Waals surface area contributed by atoms with Crippen molar-refractivity contribution in [3.8, 4) is 0 Å². The summed E-state index contributed by atoms with van der Waals surface area (Å²) in [6.45, 7) is -4.53. The van der Waals surface area contributed by atoms with Gasteiger partial charge in [0, 0.05) is 5.92 Å². The van der Waals surface area contributed by atoms with Crippen LogP contribution < -0.4 is 0 Å². The summed E-state index contributed by atoms with van der Waals surface area (Å²) in [7, 11) is -4.78. The van der Waals surface area contributed by atoms with E-state index in [0.29, 0.717) is 0 Å². The van der Waals surface area contributed by atoms with Crippen LogP contribution in [0, 0.1) is 5.92 Å². The molecule has 0 saturated heterocycles. The second kappa shape index (κ2) is 12.1. The third-order valence-corrected chi connectivity index (χ3v) is 4.56. The Labute approximate surface area is 166 Å². The summed E-state index contributed by atoms with van der Waals surface area (Å²) >= 11 is 9.36. The summed E-state index contributed by atoms with van der Waals surface area (Å²) in [4.78, 5) is 0. The highest BCUT2D eigenvalue weighted by Gasteiger charge is 2.50. The highest BCUT2D eigenvalue weighted by molar-refractivity contribution is 7.50. The lowest BCUT2D eigenvalue weighted by Gasteiger charge is -2.26. The van der Waals surface area contributed by atoms with Gasteiger partial charge in [-0.05, 0) is 0 Å². The van der Waals surface area contributed by atoms with Crippen LogP contribution in [0.4, 0.5) is 43.9 Å². The summed E-state index contributed by atoms with van der Waals surface area (Å²) in [6, 6.07) is 0. The van der Waals surface area contributed by atoms with E-state index in [4.69, 9.17) is 0 Å². The normalized spacial score (nSPS) is 17.0. The van der Waals surface area contributed by atoms with Gasteiger partial charge in [0.15, 0.2) is 0 Å². The number of halogens is 12. The molecule has 0 saturated carbocycles. The Bertz CT molecular complexity index is 495. The molecular weight excluding hydrogens is 508 g/mol. The summed E-state index contributed by atoms with van der Waals surface area (Å²) in [5, 5.41) is 0. The van der Waals surface area contributed by atoms with Crippen molar-refractivity contribution in [1.82, 2.24) is 0 Å². The zero-order valence-corrected chi connectivity index (χ0v) is 15.8. The average Bonchev–Trinajstić information content (AvgIpc) is 2.65. The van der Waals surface area contributed by atoms with E-state index in [1.807, 2.05) is 0 Å². The molecule has 0 aromatic heterocycles. The predicted molar refractivity (Wildman–Crippen MR) is 74.5 cm³/mol. The Hall–Kier alpha value is -0.0900. The van der Waals surface area contributed by atoms with E-state index in [9.17, 15) is 48.5 Å². The minimum atomic E-state index is -5.14. The molecule has 0 N–H and O–H groups in total. The maximum Gasteiger partial charge on any atom is 0.507 e. The van der Waals surface area contributed by atoms with Gasteiger partial charge in [-0.25, -0.2) is 30.9 Å². The van der Waals surface area contributed by atoms with Crippen molar-refractivity contribution in [2.45, 2.75) is 37.4 Å². The molecule has 0 rings (SSSR count). The molecule has 0 aliphatic rings. The highest BCUT2D eigenvalue weighted by atomic mass is 35.5. The molecule has 0 aliphatic heterocycles. The maximum atomic E-state index is 13.1. The molecule has 29 heavy (non-hydrogen) atoms. The fourth-order valence-corrected chi connectivity index (χ4v) is 2.29. The van der Waals surface area contributed by atoms with Crippen LogP contribution in [0.15, 0.2) is 0 Å². The Morgan fingerprint density at radius 2 is 1.07 bits per heavy atom. The van der Waals surface area contributed by atoms with Crippen molar-refractivity contribution < 1.29 is 70.6 Å². The smallest absolute Gasteiger partial charge is 0.318 e. The minimum absolute atomic E-state index is 1.29. The minimum Gasteiger partial charge on any atom is -0.318 e. The zero-order chi connectivity index (χ0) is 23.0. The van der Waals surface area contributed by atoms with E-state index in [1.165, 1.54) is 0 Å². The van der Waals surface area contributed by atoms with Crippen LogP contribution in [-0.4, -0.2) is 57.2 Å². The molecule has 0 heterocycles. The Kier molecular flexibility index (Phi) is 12.0. The Morgan fingerprint density at radius 1 is 0.724 bits per heavy atom. The molecule has 0 amide bonds. The molecule has 2 atom stereocenters. The molecule has 2 unspecified atom stereocenters. The summed E-state index contributed by atoms with van der Waals surface area (Å²) in [6.07, 6.45) is -27.0. The number of alkyl halides is 10. The van der Waals surface area contributed by atoms with Crippen LogP contribution in [0.1, 0.15) is 0 Å². The fourth-order valence-electron chi connectivity index (χ4n) is 1.30. The van der Waals surface area contributed by atoms with Crippen LogP contribution >= 0.6 is 31.6 Å². The van der Waals surface area contributed by atoms with Crippen molar-refractivity contribution in [3.05, 3.63) is 0 Å². The number of hydrogen-bond donors (Lipinski definition) is 0. The monoisotopic (exact) mass is 518 g/mol. The molecule has 0 radical (unpaired) electrons. The molecule has 6 nitrogen and oxygen atoms in total. The molecule has 0 aromatic rings. The van der Waals surface area contributed by atoms with E-state index >= 15 is 0 Å². The molecule has 19 heteroatoms. The van der Waals surface area contributed by atoms with Gasteiger partial charge in [-0.1, -0.05) is 0 Å². The first-order chi connectivity index (χ1) is 13.1. The van der Waals surface area contributed by atoms with Gasteiger partial charge in [-0.15, -0.1) is 0 Å². The molecular formula is C10H11Cl2F10O6P. The van der Waals surface area contributed by atoms with E-state index in [1.54, 1.807) is 0 Å². The van der Waals surface area contributed by atoms with Crippen LogP contribution in [0.2, 0.25) is 0 Å². The first kappa shape index (κ1) is 28.9. The quantitative estimate of drug-likeness (QED) is 0.211. The third kappa shape index (κ3) is 9.72.